The van der Waals surface area contributed by atoms with Gasteiger partial charge in [-0.3, -0.25) is 0 Å². The van der Waals surface area contributed by atoms with Crippen LogP contribution in [0.15, 0.2) is 0 Å². The van der Waals surface area contributed by atoms with Gasteiger partial charge in [-0.15, -0.1) is 0 Å². The molecule has 0 radical (unpaired) electrons. The quantitative estimate of drug-likeness (QED) is 0.651. The van der Waals surface area contributed by atoms with Gasteiger partial charge in [-0.1, -0.05) is 38.5 Å². The van der Waals surface area contributed by atoms with E-state index in [-0.39, 0.29) is 0 Å². The first kappa shape index (κ1) is 9.51. The van der Waals surface area contributed by atoms with Crippen LogP contribution in [-0.2, 0) is 0 Å². The molecule has 0 aliphatic heterocycles. The molecule has 0 saturated heterocycles. The van der Waals surface area contributed by atoms with Crippen molar-refractivity contribution in [2.75, 3.05) is 6.54 Å². The van der Waals surface area contributed by atoms with Crippen molar-refractivity contribution in [3.63, 3.8) is 0 Å². The highest BCUT2D eigenvalue weighted by atomic mass is 14.6. The van der Waals surface area contributed by atoms with Crippen LogP contribution in [0.3, 0.4) is 0 Å². The van der Waals surface area contributed by atoms with E-state index in [1.807, 2.05) is 0 Å². The molecule has 1 heteroatoms. The lowest BCUT2D eigenvalue weighted by molar-refractivity contribution is 0.138. The summed E-state index contributed by atoms with van der Waals surface area (Å²) in [6.07, 6.45) is 11.7. The van der Waals surface area contributed by atoms with E-state index in [0.29, 0.717) is 0 Å². The summed E-state index contributed by atoms with van der Waals surface area (Å²) in [6.45, 7) is 0.946. The summed E-state index contributed by atoms with van der Waals surface area (Å²) in [5.41, 5.74) is 5.88. The van der Waals surface area contributed by atoms with Gasteiger partial charge in [0.05, 0.1) is 0 Å². The maximum Gasteiger partial charge on any atom is -0.00461 e. The van der Waals surface area contributed by atoms with Crippen LogP contribution < -0.4 is 5.73 Å². The molecule has 2 rings (SSSR count). The SMILES string of the molecule is NCC1CCCCCC1C1CCC1. The Hall–Kier alpha value is -0.0400. The minimum absolute atomic E-state index is 0.868. The Balaban J connectivity index is 1.93. The van der Waals surface area contributed by atoms with Crippen LogP contribution in [0, 0.1) is 17.8 Å². The van der Waals surface area contributed by atoms with Crippen LogP contribution in [0.4, 0.5) is 0 Å². The van der Waals surface area contributed by atoms with Crippen molar-refractivity contribution in [2.24, 2.45) is 23.5 Å². The van der Waals surface area contributed by atoms with E-state index < -0.39 is 0 Å². The molecule has 0 bridgehead atoms. The van der Waals surface area contributed by atoms with Crippen molar-refractivity contribution in [1.82, 2.24) is 0 Å². The average molecular weight is 181 g/mol. The normalized spacial score (nSPS) is 36.7. The van der Waals surface area contributed by atoms with E-state index >= 15 is 0 Å². The number of rotatable bonds is 2. The molecule has 1 nitrogen and oxygen atoms in total. The summed E-state index contributed by atoms with van der Waals surface area (Å²) in [4.78, 5) is 0. The fraction of sp³-hybridized carbons (Fsp3) is 1.00. The molecule has 2 unspecified atom stereocenters. The number of hydrogen-bond acceptors (Lipinski definition) is 1. The first-order chi connectivity index (χ1) is 6.42. The summed E-state index contributed by atoms with van der Waals surface area (Å²) < 4.78 is 0. The van der Waals surface area contributed by atoms with Crippen LogP contribution in [0.25, 0.3) is 0 Å². The van der Waals surface area contributed by atoms with Crippen LogP contribution in [0.2, 0.25) is 0 Å². The van der Waals surface area contributed by atoms with Gasteiger partial charge in [0.15, 0.2) is 0 Å². The third kappa shape index (κ3) is 2.07. The maximum atomic E-state index is 5.88. The summed E-state index contributed by atoms with van der Waals surface area (Å²) in [6, 6.07) is 0. The molecule has 2 saturated carbocycles. The molecule has 0 aromatic heterocycles. The number of nitrogens with two attached hydrogens (primary N) is 1. The standard InChI is InChI=1S/C12H23N/c13-9-11-5-2-1-3-8-12(11)10-6-4-7-10/h10-12H,1-9,13H2. The molecule has 2 aliphatic rings. The van der Waals surface area contributed by atoms with E-state index in [2.05, 4.69) is 0 Å². The summed E-state index contributed by atoms with van der Waals surface area (Å²) >= 11 is 0. The second kappa shape index (κ2) is 4.45. The molecule has 0 aromatic carbocycles. The van der Waals surface area contributed by atoms with Gasteiger partial charge in [-0.2, -0.15) is 0 Å². The highest BCUT2D eigenvalue weighted by molar-refractivity contribution is 4.84. The predicted octanol–water partition coefficient (Wildman–Crippen LogP) is 2.94. The zero-order valence-corrected chi connectivity index (χ0v) is 8.67. The highest BCUT2D eigenvalue weighted by Crippen LogP contribution is 2.42. The van der Waals surface area contributed by atoms with Gasteiger partial charge in [0.2, 0.25) is 0 Å². The molecular weight excluding hydrogens is 158 g/mol. The minimum Gasteiger partial charge on any atom is -0.330 e. The van der Waals surface area contributed by atoms with Gasteiger partial charge in [0.25, 0.3) is 0 Å². The lowest BCUT2D eigenvalue weighted by Gasteiger charge is -2.37. The molecule has 76 valence electrons. The van der Waals surface area contributed by atoms with E-state index in [9.17, 15) is 0 Å². The van der Waals surface area contributed by atoms with E-state index in [1.165, 1.54) is 51.4 Å². The summed E-state index contributed by atoms with van der Waals surface area (Å²) in [5, 5.41) is 0. The highest BCUT2D eigenvalue weighted by Gasteiger charge is 2.32. The van der Waals surface area contributed by atoms with Crippen molar-refractivity contribution in [2.45, 2.75) is 51.4 Å². The van der Waals surface area contributed by atoms with Crippen molar-refractivity contribution in [3.05, 3.63) is 0 Å². The molecule has 0 heterocycles. The van der Waals surface area contributed by atoms with Crippen molar-refractivity contribution >= 4 is 0 Å². The summed E-state index contributed by atoms with van der Waals surface area (Å²) in [7, 11) is 0. The average Bonchev–Trinajstić information content (AvgIpc) is 2.27. The molecule has 0 amide bonds. The molecule has 13 heavy (non-hydrogen) atoms. The smallest absolute Gasteiger partial charge is 0.00461 e. The lowest BCUT2D eigenvalue weighted by Crippen LogP contribution is -2.32. The van der Waals surface area contributed by atoms with Gasteiger partial charge in [0, 0.05) is 0 Å². The predicted molar refractivity (Wildman–Crippen MR) is 56.5 cm³/mol. The van der Waals surface area contributed by atoms with Crippen LogP contribution in [-0.4, -0.2) is 6.54 Å². The molecule has 2 aliphatic carbocycles. The minimum atomic E-state index is 0.868. The largest absolute Gasteiger partial charge is 0.330 e. The van der Waals surface area contributed by atoms with E-state index in [0.717, 1.165) is 24.3 Å². The molecule has 2 fully saturated rings. The zero-order valence-electron chi connectivity index (χ0n) is 8.67. The van der Waals surface area contributed by atoms with Crippen LogP contribution in [0.1, 0.15) is 51.4 Å². The van der Waals surface area contributed by atoms with Gasteiger partial charge in [0.1, 0.15) is 0 Å². The Bertz CT molecular complexity index is 151. The number of hydrogen-bond donors (Lipinski definition) is 1. The molecular formula is C12H23N. The molecule has 2 atom stereocenters. The fourth-order valence-electron chi connectivity index (χ4n) is 3.19. The van der Waals surface area contributed by atoms with Gasteiger partial charge in [-0.25, -0.2) is 0 Å². The topological polar surface area (TPSA) is 26.0 Å². The van der Waals surface area contributed by atoms with Crippen LogP contribution >= 0.6 is 0 Å². The maximum absolute atomic E-state index is 5.88. The Morgan fingerprint density at radius 3 is 2.23 bits per heavy atom. The Labute approximate surface area is 82.1 Å². The second-order valence-corrected chi connectivity index (χ2v) is 4.99. The third-order valence-corrected chi connectivity index (χ3v) is 4.28. The molecule has 2 N–H and O–H groups in total. The van der Waals surface area contributed by atoms with E-state index in [1.54, 1.807) is 0 Å². The second-order valence-electron chi connectivity index (χ2n) is 4.99. The lowest BCUT2D eigenvalue weighted by atomic mass is 9.69. The van der Waals surface area contributed by atoms with Crippen molar-refractivity contribution in [3.8, 4) is 0 Å². The van der Waals surface area contributed by atoms with Crippen LogP contribution in [0.5, 0.6) is 0 Å². The van der Waals surface area contributed by atoms with Crippen molar-refractivity contribution < 1.29 is 0 Å². The zero-order chi connectivity index (χ0) is 9.10. The van der Waals surface area contributed by atoms with Crippen molar-refractivity contribution in [1.29, 1.82) is 0 Å². The Morgan fingerprint density at radius 2 is 1.62 bits per heavy atom. The fourth-order valence-corrected chi connectivity index (χ4v) is 3.19. The van der Waals surface area contributed by atoms with E-state index in [4.69, 9.17) is 5.73 Å². The first-order valence-corrected chi connectivity index (χ1v) is 6.12. The van der Waals surface area contributed by atoms with Gasteiger partial charge >= 0.3 is 0 Å². The van der Waals surface area contributed by atoms with Gasteiger partial charge in [-0.05, 0) is 37.1 Å². The Morgan fingerprint density at radius 1 is 0.846 bits per heavy atom. The van der Waals surface area contributed by atoms with Gasteiger partial charge < -0.3 is 5.73 Å². The molecule has 0 spiro atoms. The summed E-state index contributed by atoms with van der Waals surface area (Å²) in [5.74, 6) is 2.93. The Kier molecular flexibility index (Phi) is 3.26. The first-order valence-electron chi connectivity index (χ1n) is 6.12. The molecule has 0 aromatic rings. The monoisotopic (exact) mass is 181 g/mol. The third-order valence-electron chi connectivity index (χ3n) is 4.28.